The zero-order chi connectivity index (χ0) is 30.4. The smallest absolute Gasteiger partial charge is 0.305 e. The van der Waals surface area contributed by atoms with Crippen LogP contribution in [0.15, 0.2) is 36.4 Å². The number of para-hydroxylation sites is 1. The van der Waals surface area contributed by atoms with Gasteiger partial charge in [-0.2, -0.15) is 0 Å². The molecule has 0 aliphatic carbocycles. The summed E-state index contributed by atoms with van der Waals surface area (Å²) in [4.78, 5) is 37.9. The molecule has 0 spiro atoms. The summed E-state index contributed by atoms with van der Waals surface area (Å²) in [6, 6.07) is 11.7. The molecule has 0 N–H and O–H groups in total. The van der Waals surface area contributed by atoms with Gasteiger partial charge < -0.3 is 23.7 Å². The SMILES string of the molecule is CCCc1ccccc1OCCCOc1ccc2c(c1CCC)OC(CCC(=O)OCC)(CCC(=O)OCC)CC2=O. The van der Waals surface area contributed by atoms with Crippen LogP contribution in [-0.4, -0.2) is 49.8 Å². The molecule has 1 aliphatic heterocycles. The third kappa shape index (κ3) is 9.23. The Balaban J connectivity index is 1.76. The molecule has 42 heavy (non-hydrogen) atoms. The number of ether oxygens (including phenoxy) is 5. The molecule has 230 valence electrons. The van der Waals surface area contributed by atoms with Gasteiger partial charge in [-0.25, -0.2) is 0 Å². The lowest BCUT2D eigenvalue weighted by Crippen LogP contribution is -2.43. The number of hydrogen-bond donors (Lipinski definition) is 0. The Labute approximate surface area is 250 Å². The fourth-order valence-electron chi connectivity index (χ4n) is 5.28. The summed E-state index contributed by atoms with van der Waals surface area (Å²) in [6.07, 6.45) is 4.93. The largest absolute Gasteiger partial charge is 0.493 e. The monoisotopic (exact) mass is 582 g/mol. The van der Waals surface area contributed by atoms with Crippen molar-refractivity contribution < 1.29 is 38.1 Å². The van der Waals surface area contributed by atoms with Gasteiger partial charge in [0.05, 0.1) is 38.4 Å². The van der Waals surface area contributed by atoms with E-state index in [1.807, 2.05) is 24.3 Å². The summed E-state index contributed by atoms with van der Waals surface area (Å²) in [5, 5.41) is 0. The molecule has 1 heterocycles. The highest BCUT2D eigenvalue weighted by molar-refractivity contribution is 6.01. The molecule has 0 aromatic heterocycles. The van der Waals surface area contributed by atoms with E-state index in [-0.39, 0.29) is 63.0 Å². The lowest BCUT2D eigenvalue weighted by molar-refractivity contribution is -0.145. The molecule has 0 atom stereocenters. The van der Waals surface area contributed by atoms with Crippen molar-refractivity contribution in [3.63, 3.8) is 0 Å². The van der Waals surface area contributed by atoms with E-state index >= 15 is 0 Å². The molecule has 8 heteroatoms. The number of fused-ring (bicyclic) bond motifs is 1. The van der Waals surface area contributed by atoms with Crippen LogP contribution in [0, 0.1) is 0 Å². The van der Waals surface area contributed by atoms with Gasteiger partial charge in [-0.15, -0.1) is 0 Å². The van der Waals surface area contributed by atoms with Gasteiger partial charge in [0.1, 0.15) is 22.8 Å². The third-order valence-corrected chi connectivity index (χ3v) is 7.30. The number of esters is 2. The minimum absolute atomic E-state index is 0.0709. The summed E-state index contributed by atoms with van der Waals surface area (Å²) < 4.78 is 29.2. The number of rotatable bonds is 18. The lowest BCUT2D eigenvalue weighted by atomic mass is 9.82. The average molecular weight is 583 g/mol. The van der Waals surface area contributed by atoms with E-state index in [1.165, 1.54) is 5.56 Å². The Bertz CT molecular complexity index is 1170. The lowest BCUT2D eigenvalue weighted by Gasteiger charge is -2.39. The summed E-state index contributed by atoms with van der Waals surface area (Å²) >= 11 is 0. The van der Waals surface area contributed by atoms with E-state index in [0.717, 1.165) is 30.6 Å². The zero-order valence-corrected chi connectivity index (χ0v) is 25.6. The van der Waals surface area contributed by atoms with E-state index in [2.05, 4.69) is 19.9 Å². The number of benzene rings is 2. The maximum absolute atomic E-state index is 13.4. The topological polar surface area (TPSA) is 97.4 Å². The predicted octanol–water partition coefficient (Wildman–Crippen LogP) is 6.83. The van der Waals surface area contributed by atoms with Crippen LogP contribution in [0.4, 0.5) is 0 Å². The van der Waals surface area contributed by atoms with Crippen molar-refractivity contribution in [2.75, 3.05) is 26.4 Å². The van der Waals surface area contributed by atoms with Gasteiger partial charge in [-0.3, -0.25) is 14.4 Å². The fourth-order valence-corrected chi connectivity index (χ4v) is 5.28. The van der Waals surface area contributed by atoms with Crippen molar-refractivity contribution in [2.24, 2.45) is 0 Å². The summed E-state index contributed by atoms with van der Waals surface area (Å²) in [6.45, 7) is 9.22. The van der Waals surface area contributed by atoms with Crippen LogP contribution in [0.5, 0.6) is 17.2 Å². The van der Waals surface area contributed by atoms with Crippen LogP contribution in [0.3, 0.4) is 0 Å². The summed E-state index contributed by atoms with van der Waals surface area (Å²) in [5.74, 6) is 1.27. The molecule has 0 unspecified atom stereocenters. The molecule has 0 fully saturated rings. The Morgan fingerprint density at radius 3 is 2.05 bits per heavy atom. The Morgan fingerprint density at radius 1 is 0.810 bits per heavy atom. The Hall–Kier alpha value is -3.55. The summed E-state index contributed by atoms with van der Waals surface area (Å²) in [7, 11) is 0. The van der Waals surface area contributed by atoms with Crippen LogP contribution in [-0.2, 0) is 31.9 Å². The van der Waals surface area contributed by atoms with Gasteiger partial charge in [-0.05, 0) is 63.3 Å². The van der Waals surface area contributed by atoms with Crippen molar-refractivity contribution in [2.45, 2.75) is 97.5 Å². The van der Waals surface area contributed by atoms with Crippen LogP contribution < -0.4 is 14.2 Å². The first-order valence-electron chi connectivity index (χ1n) is 15.4. The number of ketones is 1. The minimum Gasteiger partial charge on any atom is -0.493 e. The molecule has 8 nitrogen and oxygen atoms in total. The number of Topliss-reactive ketones (excluding diaryl/α,β-unsaturated/α-hetero) is 1. The van der Waals surface area contributed by atoms with Crippen LogP contribution in [0.25, 0.3) is 0 Å². The van der Waals surface area contributed by atoms with Gasteiger partial charge in [0.25, 0.3) is 0 Å². The van der Waals surface area contributed by atoms with E-state index in [0.29, 0.717) is 43.1 Å². The molecule has 0 amide bonds. The van der Waals surface area contributed by atoms with Crippen molar-refractivity contribution >= 4 is 17.7 Å². The van der Waals surface area contributed by atoms with E-state index in [1.54, 1.807) is 19.9 Å². The predicted molar refractivity (Wildman–Crippen MR) is 161 cm³/mol. The van der Waals surface area contributed by atoms with E-state index < -0.39 is 5.60 Å². The maximum atomic E-state index is 13.4. The number of carbonyl (C=O) groups is 3. The van der Waals surface area contributed by atoms with Crippen molar-refractivity contribution in [1.82, 2.24) is 0 Å². The minimum atomic E-state index is -1.02. The van der Waals surface area contributed by atoms with E-state index in [9.17, 15) is 14.4 Å². The molecule has 2 aromatic rings. The van der Waals surface area contributed by atoms with Crippen LogP contribution in [0.2, 0.25) is 0 Å². The molecule has 0 radical (unpaired) electrons. The molecule has 3 rings (SSSR count). The molecular formula is C34H46O8. The Morgan fingerprint density at radius 2 is 1.43 bits per heavy atom. The molecule has 2 aromatic carbocycles. The zero-order valence-electron chi connectivity index (χ0n) is 25.6. The van der Waals surface area contributed by atoms with Gasteiger partial charge in [-0.1, -0.05) is 44.9 Å². The Kier molecular flexibility index (Phi) is 13.2. The quantitative estimate of drug-likeness (QED) is 0.139. The number of aryl methyl sites for hydroxylation is 1. The van der Waals surface area contributed by atoms with Crippen molar-refractivity contribution in [3.05, 3.63) is 53.1 Å². The molecular weight excluding hydrogens is 536 g/mol. The van der Waals surface area contributed by atoms with Crippen molar-refractivity contribution in [1.29, 1.82) is 0 Å². The van der Waals surface area contributed by atoms with Gasteiger partial charge in [0.15, 0.2) is 5.78 Å². The van der Waals surface area contributed by atoms with Crippen LogP contribution in [0.1, 0.15) is 101 Å². The highest BCUT2D eigenvalue weighted by Gasteiger charge is 2.42. The maximum Gasteiger partial charge on any atom is 0.305 e. The average Bonchev–Trinajstić information content (AvgIpc) is 2.97. The highest BCUT2D eigenvalue weighted by Crippen LogP contribution is 2.44. The molecule has 1 aliphatic rings. The third-order valence-electron chi connectivity index (χ3n) is 7.30. The van der Waals surface area contributed by atoms with E-state index in [4.69, 9.17) is 23.7 Å². The first-order valence-corrected chi connectivity index (χ1v) is 15.4. The van der Waals surface area contributed by atoms with Crippen LogP contribution >= 0.6 is 0 Å². The summed E-state index contributed by atoms with van der Waals surface area (Å²) in [5.41, 5.74) is 1.51. The second kappa shape index (κ2) is 16.8. The second-order valence-electron chi connectivity index (χ2n) is 10.6. The molecule has 0 saturated heterocycles. The normalized spacial score (nSPS) is 13.6. The van der Waals surface area contributed by atoms with Crippen molar-refractivity contribution in [3.8, 4) is 17.2 Å². The molecule has 0 bridgehead atoms. The van der Waals surface area contributed by atoms with Gasteiger partial charge in [0.2, 0.25) is 0 Å². The first-order chi connectivity index (χ1) is 20.4. The molecule has 0 saturated carbocycles. The number of carbonyl (C=O) groups excluding carboxylic acids is 3. The standard InChI is InChI=1S/C34H46O8/c1-5-12-25-14-9-10-15-29(25)40-22-11-23-41-30-17-16-26-28(35)24-34(20-18-31(36)38-7-3,21-19-32(37)39-8-4)42-33(26)27(30)13-6-2/h9-10,14-17H,5-8,11-13,18-24H2,1-4H3. The second-order valence-corrected chi connectivity index (χ2v) is 10.6. The van der Waals surface area contributed by atoms with Gasteiger partial charge >= 0.3 is 11.9 Å². The highest BCUT2D eigenvalue weighted by atomic mass is 16.5. The fraction of sp³-hybridized carbons (Fsp3) is 0.559. The first kappa shape index (κ1) is 33.0. The number of hydrogen-bond acceptors (Lipinski definition) is 8. The van der Waals surface area contributed by atoms with Gasteiger partial charge in [0, 0.05) is 24.8 Å².